The fraction of sp³-hybridized carbons (Fsp3) is 0.769. The smallest absolute Gasteiger partial charge is 0.119 e. The van der Waals surface area contributed by atoms with Gasteiger partial charge in [-0.2, -0.15) is 0 Å². The first kappa shape index (κ1) is 23.4. The highest BCUT2D eigenvalue weighted by molar-refractivity contribution is 5.31. The van der Waals surface area contributed by atoms with E-state index in [1.54, 1.807) is 0 Å². The Hall–Kier alpha value is -1.26. The number of nitrogens with one attached hydrogen (secondary N) is 2. The van der Waals surface area contributed by atoms with E-state index in [1.165, 1.54) is 0 Å². The molecule has 2 N–H and O–H groups in total. The average Bonchev–Trinajstić information content (AvgIpc) is 2.74. The van der Waals surface area contributed by atoms with Crippen LogP contribution in [-0.4, -0.2) is 34.4 Å². The minimum atomic E-state index is 0.0713. The second-order valence-electron chi connectivity index (χ2n) is 12.2. The molecule has 170 valence electrons. The van der Waals surface area contributed by atoms with Gasteiger partial charge in [0.1, 0.15) is 23.7 Å². The summed E-state index contributed by atoms with van der Waals surface area (Å²) >= 11 is 0. The Balaban J connectivity index is 1.60. The third-order valence-electron chi connectivity index (χ3n) is 6.44. The molecule has 2 aliphatic heterocycles. The van der Waals surface area contributed by atoms with Crippen molar-refractivity contribution in [2.75, 3.05) is 0 Å². The standard InChI is InChI=1S/C26H44N2O2/c1-23(2)15-13-21(17-25(5,6)27-23)29-19-9-11-20(12-10-19)30-22-14-16-24(3,4)28-26(7,8)18-22/h9-12,21-22,27-28H,13-18H2,1-8H3. The van der Waals surface area contributed by atoms with E-state index in [9.17, 15) is 0 Å². The van der Waals surface area contributed by atoms with Crippen molar-refractivity contribution in [2.45, 2.75) is 128 Å². The third kappa shape index (κ3) is 6.88. The monoisotopic (exact) mass is 416 g/mol. The van der Waals surface area contributed by atoms with Crippen molar-refractivity contribution in [1.29, 1.82) is 0 Å². The molecule has 1 aromatic rings. The zero-order valence-corrected chi connectivity index (χ0v) is 20.5. The van der Waals surface area contributed by atoms with Crippen LogP contribution >= 0.6 is 0 Å². The summed E-state index contributed by atoms with van der Waals surface area (Å²) in [5.41, 5.74) is 0.439. The van der Waals surface area contributed by atoms with E-state index in [2.05, 4.69) is 90.3 Å². The van der Waals surface area contributed by atoms with Crippen LogP contribution in [0.25, 0.3) is 0 Å². The maximum atomic E-state index is 6.38. The molecule has 2 aliphatic rings. The Labute approximate surface area is 184 Å². The van der Waals surface area contributed by atoms with Crippen molar-refractivity contribution >= 4 is 0 Å². The minimum Gasteiger partial charge on any atom is -0.490 e. The molecule has 2 atom stereocenters. The third-order valence-corrected chi connectivity index (χ3v) is 6.44. The lowest BCUT2D eigenvalue weighted by molar-refractivity contribution is 0.153. The van der Waals surface area contributed by atoms with Gasteiger partial charge in [0.2, 0.25) is 0 Å². The summed E-state index contributed by atoms with van der Waals surface area (Å²) in [6.45, 7) is 18.2. The van der Waals surface area contributed by atoms with Crippen molar-refractivity contribution in [3.63, 3.8) is 0 Å². The van der Waals surface area contributed by atoms with Gasteiger partial charge in [0.15, 0.2) is 0 Å². The molecular formula is C26H44N2O2. The van der Waals surface area contributed by atoms with Gasteiger partial charge in [0, 0.05) is 35.0 Å². The Morgan fingerprint density at radius 2 is 0.933 bits per heavy atom. The van der Waals surface area contributed by atoms with Crippen LogP contribution in [-0.2, 0) is 0 Å². The molecular weight excluding hydrogens is 372 g/mol. The summed E-state index contributed by atoms with van der Waals surface area (Å²) in [6, 6.07) is 8.26. The van der Waals surface area contributed by atoms with Gasteiger partial charge in [-0.1, -0.05) is 0 Å². The van der Waals surface area contributed by atoms with Crippen molar-refractivity contribution in [1.82, 2.24) is 10.6 Å². The molecule has 0 aliphatic carbocycles. The maximum Gasteiger partial charge on any atom is 0.119 e. The predicted molar refractivity (Wildman–Crippen MR) is 126 cm³/mol. The van der Waals surface area contributed by atoms with E-state index < -0.39 is 0 Å². The van der Waals surface area contributed by atoms with Gasteiger partial charge in [-0.15, -0.1) is 0 Å². The fourth-order valence-corrected chi connectivity index (χ4v) is 5.63. The maximum absolute atomic E-state index is 6.38. The second kappa shape index (κ2) is 8.35. The molecule has 0 saturated carbocycles. The molecule has 30 heavy (non-hydrogen) atoms. The number of hydrogen-bond donors (Lipinski definition) is 2. The van der Waals surface area contributed by atoms with Crippen LogP contribution in [0.5, 0.6) is 11.5 Å². The van der Waals surface area contributed by atoms with Gasteiger partial charge in [0.25, 0.3) is 0 Å². The number of ether oxygens (including phenoxy) is 2. The SMILES string of the molecule is CC1(C)CCC(Oc2ccc(OC3CCC(C)(C)NC(C)(C)C3)cc2)CC(C)(C)N1. The molecule has 0 amide bonds. The van der Waals surface area contributed by atoms with Crippen LogP contribution in [0.1, 0.15) is 93.9 Å². The second-order valence-corrected chi connectivity index (χ2v) is 12.2. The summed E-state index contributed by atoms with van der Waals surface area (Å²) in [5.74, 6) is 1.87. The average molecular weight is 417 g/mol. The Bertz CT molecular complexity index is 645. The summed E-state index contributed by atoms with van der Waals surface area (Å²) in [4.78, 5) is 0. The molecule has 2 heterocycles. The Morgan fingerprint density at radius 3 is 1.27 bits per heavy atom. The van der Waals surface area contributed by atoms with Crippen LogP contribution in [0.3, 0.4) is 0 Å². The summed E-state index contributed by atoms with van der Waals surface area (Å²) in [7, 11) is 0. The highest BCUT2D eigenvalue weighted by atomic mass is 16.5. The van der Waals surface area contributed by atoms with Gasteiger partial charge in [-0.3, -0.25) is 0 Å². The molecule has 1 aromatic carbocycles. The van der Waals surface area contributed by atoms with Crippen LogP contribution in [0.15, 0.2) is 24.3 Å². The van der Waals surface area contributed by atoms with E-state index >= 15 is 0 Å². The molecule has 4 heteroatoms. The lowest BCUT2D eigenvalue weighted by atomic mass is 9.96. The molecule has 4 nitrogen and oxygen atoms in total. The first-order valence-corrected chi connectivity index (χ1v) is 11.7. The van der Waals surface area contributed by atoms with Crippen LogP contribution in [0.4, 0.5) is 0 Å². The minimum absolute atomic E-state index is 0.0713. The highest BCUT2D eigenvalue weighted by Crippen LogP contribution is 2.32. The van der Waals surface area contributed by atoms with E-state index in [0.29, 0.717) is 0 Å². The molecule has 2 saturated heterocycles. The first-order valence-electron chi connectivity index (χ1n) is 11.7. The molecule has 0 spiro atoms. The van der Waals surface area contributed by atoms with Gasteiger partial charge in [0.05, 0.1) is 0 Å². The quantitative estimate of drug-likeness (QED) is 0.647. The van der Waals surface area contributed by atoms with Crippen LogP contribution < -0.4 is 20.1 Å². The summed E-state index contributed by atoms with van der Waals surface area (Å²) < 4.78 is 12.8. The largest absolute Gasteiger partial charge is 0.490 e. The van der Waals surface area contributed by atoms with Crippen LogP contribution in [0.2, 0.25) is 0 Å². The van der Waals surface area contributed by atoms with Gasteiger partial charge < -0.3 is 20.1 Å². The molecule has 2 unspecified atom stereocenters. The normalized spacial score (nSPS) is 30.0. The first-order chi connectivity index (χ1) is 13.7. The molecule has 3 rings (SSSR count). The zero-order valence-electron chi connectivity index (χ0n) is 20.5. The number of benzene rings is 1. The van der Waals surface area contributed by atoms with E-state index in [-0.39, 0.29) is 34.4 Å². The lowest BCUT2D eigenvalue weighted by Crippen LogP contribution is -2.51. The van der Waals surface area contributed by atoms with Crippen molar-refractivity contribution in [3.8, 4) is 11.5 Å². The fourth-order valence-electron chi connectivity index (χ4n) is 5.63. The highest BCUT2D eigenvalue weighted by Gasteiger charge is 2.36. The molecule has 2 fully saturated rings. The zero-order chi connectivity index (χ0) is 22.2. The van der Waals surface area contributed by atoms with E-state index in [1.807, 2.05) is 0 Å². The lowest BCUT2D eigenvalue weighted by Gasteiger charge is -2.34. The predicted octanol–water partition coefficient (Wildman–Crippen LogP) is 5.84. The Kier molecular flexibility index (Phi) is 6.51. The van der Waals surface area contributed by atoms with Gasteiger partial charge in [-0.25, -0.2) is 0 Å². The number of rotatable bonds is 4. The molecule has 0 aromatic heterocycles. The van der Waals surface area contributed by atoms with Crippen molar-refractivity contribution in [2.24, 2.45) is 0 Å². The van der Waals surface area contributed by atoms with Crippen molar-refractivity contribution in [3.05, 3.63) is 24.3 Å². The number of hydrogen-bond acceptors (Lipinski definition) is 4. The van der Waals surface area contributed by atoms with Crippen LogP contribution in [0, 0.1) is 0 Å². The molecule has 0 radical (unpaired) electrons. The summed E-state index contributed by atoms with van der Waals surface area (Å²) in [6.07, 6.45) is 6.86. The Morgan fingerprint density at radius 1 is 0.600 bits per heavy atom. The topological polar surface area (TPSA) is 42.5 Å². The van der Waals surface area contributed by atoms with E-state index in [0.717, 1.165) is 50.0 Å². The summed E-state index contributed by atoms with van der Waals surface area (Å²) in [5, 5.41) is 7.55. The molecule has 0 bridgehead atoms. The van der Waals surface area contributed by atoms with Gasteiger partial charge in [-0.05, 0) is 105 Å². The van der Waals surface area contributed by atoms with Gasteiger partial charge >= 0.3 is 0 Å². The van der Waals surface area contributed by atoms with E-state index in [4.69, 9.17) is 9.47 Å². The van der Waals surface area contributed by atoms with Crippen molar-refractivity contribution < 1.29 is 9.47 Å².